The molecule has 0 bridgehead atoms. The summed E-state index contributed by atoms with van der Waals surface area (Å²) in [6.45, 7) is 5.79. The first-order valence-corrected chi connectivity index (χ1v) is 6.02. The summed E-state index contributed by atoms with van der Waals surface area (Å²) in [6, 6.07) is 0. The van der Waals surface area contributed by atoms with E-state index in [4.69, 9.17) is 5.73 Å². The van der Waals surface area contributed by atoms with E-state index in [0.29, 0.717) is 5.13 Å². The number of likely N-dealkylation sites (tertiary alicyclic amines) is 1. The highest BCUT2D eigenvalue weighted by Crippen LogP contribution is 2.23. The normalized spacial score (nSPS) is 21.5. The zero-order valence-electron chi connectivity index (χ0n) is 8.98. The van der Waals surface area contributed by atoms with Gasteiger partial charge in [0.15, 0.2) is 5.13 Å². The number of nitrogens with two attached hydrogens (primary N) is 1. The minimum atomic E-state index is 0. The SMILES string of the molecule is CCC1CCN(Cc2cnc(N)s2)C1.Cl. The van der Waals surface area contributed by atoms with Gasteiger partial charge in [0.25, 0.3) is 0 Å². The van der Waals surface area contributed by atoms with Gasteiger partial charge in [-0.25, -0.2) is 4.98 Å². The third-order valence-electron chi connectivity index (χ3n) is 2.90. The quantitative estimate of drug-likeness (QED) is 0.892. The summed E-state index contributed by atoms with van der Waals surface area (Å²) in [6.07, 6.45) is 4.56. The summed E-state index contributed by atoms with van der Waals surface area (Å²) in [7, 11) is 0. The van der Waals surface area contributed by atoms with E-state index in [2.05, 4.69) is 16.8 Å². The van der Waals surface area contributed by atoms with Gasteiger partial charge in [-0.05, 0) is 18.9 Å². The van der Waals surface area contributed by atoms with Gasteiger partial charge in [-0.1, -0.05) is 13.3 Å². The minimum Gasteiger partial charge on any atom is -0.375 e. The molecular formula is C10H18ClN3S. The smallest absolute Gasteiger partial charge is 0.180 e. The van der Waals surface area contributed by atoms with Crippen LogP contribution in [0.15, 0.2) is 6.20 Å². The topological polar surface area (TPSA) is 42.2 Å². The number of rotatable bonds is 3. The molecule has 0 aliphatic carbocycles. The van der Waals surface area contributed by atoms with Gasteiger partial charge in [-0.3, -0.25) is 4.90 Å². The molecule has 0 saturated carbocycles. The Morgan fingerprint density at radius 1 is 1.67 bits per heavy atom. The first-order chi connectivity index (χ1) is 6.78. The van der Waals surface area contributed by atoms with E-state index in [1.165, 1.54) is 30.8 Å². The van der Waals surface area contributed by atoms with Gasteiger partial charge in [-0.2, -0.15) is 0 Å². The number of aromatic nitrogens is 1. The van der Waals surface area contributed by atoms with Crippen molar-refractivity contribution in [1.29, 1.82) is 0 Å². The lowest BCUT2D eigenvalue weighted by molar-refractivity contribution is 0.318. The van der Waals surface area contributed by atoms with E-state index >= 15 is 0 Å². The van der Waals surface area contributed by atoms with Crippen molar-refractivity contribution in [1.82, 2.24) is 9.88 Å². The molecule has 1 saturated heterocycles. The number of hydrogen-bond donors (Lipinski definition) is 1. The summed E-state index contributed by atoms with van der Waals surface area (Å²) in [5.41, 5.74) is 5.60. The summed E-state index contributed by atoms with van der Waals surface area (Å²) in [5.74, 6) is 0.903. The third-order valence-corrected chi connectivity index (χ3v) is 3.71. The molecule has 3 nitrogen and oxygen atoms in total. The predicted octanol–water partition coefficient (Wildman–Crippen LogP) is 2.38. The first-order valence-electron chi connectivity index (χ1n) is 5.20. The monoisotopic (exact) mass is 247 g/mol. The molecule has 86 valence electrons. The van der Waals surface area contributed by atoms with Crippen LogP contribution in [0.2, 0.25) is 0 Å². The lowest BCUT2D eigenvalue weighted by Crippen LogP contribution is -2.19. The molecule has 15 heavy (non-hydrogen) atoms. The number of nitrogens with zero attached hydrogens (tertiary/aromatic N) is 2. The van der Waals surface area contributed by atoms with E-state index in [0.717, 1.165) is 12.5 Å². The summed E-state index contributed by atoms with van der Waals surface area (Å²) >= 11 is 1.61. The van der Waals surface area contributed by atoms with Crippen molar-refractivity contribution < 1.29 is 0 Å². The van der Waals surface area contributed by atoms with Crippen molar-refractivity contribution >= 4 is 28.9 Å². The molecule has 5 heteroatoms. The second-order valence-electron chi connectivity index (χ2n) is 3.96. The molecule has 1 fully saturated rings. The van der Waals surface area contributed by atoms with Crippen LogP contribution in [-0.2, 0) is 6.54 Å². The Hall–Kier alpha value is -0.320. The molecule has 0 aromatic carbocycles. The zero-order valence-corrected chi connectivity index (χ0v) is 10.6. The highest BCUT2D eigenvalue weighted by molar-refractivity contribution is 7.15. The van der Waals surface area contributed by atoms with Gasteiger partial charge in [0.2, 0.25) is 0 Å². The van der Waals surface area contributed by atoms with Crippen LogP contribution < -0.4 is 5.73 Å². The Labute approximate surface area is 101 Å². The molecule has 2 N–H and O–H groups in total. The third kappa shape index (κ3) is 3.33. The molecule has 1 aliphatic rings. The molecule has 2 heterocycles. The molecule has 0 radical (unpaired) electrons. The van der Waals surface area contributed by atoms with Crippen molar-refractivity contribution in [2.75, 3.05) is 18.8 Å². The van der Waals surface area contributed by atoms with E-state index in [1.807, 2.05) is 6.20 Å². The predicted molar refractivity (Wildman–Crippen MR) is 67.4 cm³/mol. The van der Waals surface area contributed by atoms with Crippen LogP contribution in [0.1, 0.15) is 24.6 Å². The highest BCUT2D eigenvalue weighted by atomic mass is 35.5. The number of thiazole rings is 1. The maximum atomic E-state index is 5.60. The highest BCUT2D eigenvalue weighted by Gasteiger charge is 2.21. The second-order valence-corrected chi connectivity index (χ2v) is 5.11. The molecule has 0 amide bonds. The summed E-state index contributed by atoms with van der Waals surface area (Å²) in [4.78, 5) is 7.86. The van der Waals surface area contributed by atoms with Crippen LogP contribution in [0.5, 0.6) is 0 Å². The molecule has 1 aliphatic heterocycles. The summed E-state index contributed by atoms with van der Waals surface area (Å²) < 4.78 is 0. The van der Waals surface area contributed by atoms with Crippen LogP contribution >= 0.6 is 23.7 Å². The number of anilines is 1. The zero-order chi connectivity index (χ0) is 9.97. The van der Waals surface area contributed by atoms with Crippen molar-refractivity contribution in [3.8, 4) is 0 Å². The molecule has 1 aromatic rings. The van der Waals surface area contributed by atoms with E-state index in [1.54, 1.807) is 11.3 Å². The number of nitrogen functional groups attached to an aromatic ring is 1. The van der Waals surface area contributed by atoms with Crippen LogP contribution in [0, 0.1) is 5.92 Å². The van der Waals surface area contributed by atoms with Gasteiger partial charge >= 0.3 is 0 Å². The molecular weight excluding hydrogens is 230 g/mol. The van der Waals surface area contributed by atoms with Crippen LogP contribution in [-0.4, -0.2) is 23.0 Å². The minimum absolute atomic E-state index is 0. The average molecular weight is 248 g/mol. The van der Waals surface area contributed by atoms with Crippen molar-refractivity contribution in [3.05, 3.63) is 11.1 Å². The van der Waals surface area contributed by atoms with Gasteiger partial charge in [0.05, 0.1) is 0 Å². The summed E-state index contributed by atoms with van der Waals surface area (Å²) in [5, 5.41) is 0.686. The Balaban J connectivity index is 0.00000112. The lowest BCUT2D eigenvalue weighted by Gasteiger charge is -2.13. The van der Waals surface area contributed by atoms with E-state index in [-0.39, 0.29) is 12.4 Å². The van der Waals surface area contributed by atoms with Crippen molar-refractivity contribution in [2.24, 2.45) is 5.92 Å². The Morgan fingerprint density at radius 2 is 2.47 bits per heavy atom. The maximum Gasteiger partial charge on any atom is 0.180 e. The molecule has 0 spiro atoms. The fourth-order valence-corrected chi connectivity index (χ4v) is 2.73. The van der Waals surface area contributed by atoms with Gasteiger partial charge in [0, 0.05) is 24.2 Å². The van der Waals surface area contributed by atoms with Crippen LogP contribution in [0.3, 0.4) is 0 Å². The Morgan fingerprint density at radius 3 is 3.00 bits per heavy atom. The molecule has 1 unspecified atom stereocenters. The fraction of sp³-hybridized carbons (Fsp3) is 0.700. The van der Waals surface area contributed by atoms with E-state index < -0.39 is 0 Å². The standard InChI is InChI=1S/C10H17N3S.ClH/c1-2-8-3-4-13(6-8)7-9-5-12-10(11)14-9;/h5,8H,2-4,6-7H2,1H3,(H2,11,12);1H. The van der Waals surface area contributed by atoms with Crippen molar-refractivity contribution in [3.63, 3.8) is 0 Å². The van der Waals surface area contributed by atoms with E-state index in [9.17, 15) is 0 Å². The number of hydrogen-bond acceptors (Lipinski definition) is 4. The van der Waals surface area contributed by atoms with Gasteiger partial charge in [-0.15, -0.1) is 23.7 Å². The molecule has 1 atom stereocenters. The first kappa shape index (κ1) is 12.7. The fourth-order valence-electron chi connectivity index (χ4n) is 2.01. The average Bonchev–Trinajstić information content (AvgIpc) is 2.76. The Bertz CT molecular complexity index is 303. The van der Waals surface area contributed by atoms with Gasteiger partial charge < -0.3 is 5.73 Å². The largest absolute Gasteiger partial charge is 0.375 e. The number of halogens is 1. The Kier molecular flexibility index (Phi) is 4.83. The maximum absolute atomic E-state index is 5.60. The second kappa shape index (κ2) is 5.68. The van der Waals surface area contributed by atoms with Gasteiger partial charge in [0.1, 0.15) is 0 Å². The van der Waals surface area contributed by atoms with Crippen molar-refractivity contribution in [2.45, 2.75) is 26.3 Å². The molecule has 1 aromatic heterocycles. The van der Waals surface area contributed by atoms with Crippen LogP contribution in [0.25, 0.3) is 0 Å². The molecule has 2 rings (SSSR count). The lowest BCUT2D eigenvalue weighted by atomic mass is 10.1. The van der Waals surface area contributed by atoms with Crippen LogP contribution in [0.4, 0.5) is 5.13 Å².